The van der Waals surface area contributed by atoms with Gasteiger partial charge in [-0.3, -0.25) is 0 Å². The van der Waals surface area contributed by atoms with Crippen LogP contribution in [0.15, 0.2) is 30.3 Å². The zero-order chi connectivity index (χ0) is 19.3. The van der Waals surface area contributed by atoms with E-state index in [1.54, 1.807) is 7.05 Å². The van der Waals surface area contributed by atoms with E-state index in [1.165, 1.54) is 41.5 Å². The SMILES string of the molecule is CN1C(=O)[C@@H]2[C@@H](ON3[C@H]4[C@H](CCCCC[C@@H]4[Se]c4ccccc4)CC[C@@H]23)C1=O. The molecule has 0 spiro atoms. The molecule has 3 heterocycles. The number of carbonyl (C=O) groups is 2. The van der Waals surface area contributed by atoms with E-state index in [4.69, 9.17) is 4.84 Å². The number of hydrogen-bond donors (Lipinski definition) is 0. The van der Waals surface area contributed by atoms with Crippen LogP contribution in [0.5, 0.6) is 0 Å². The molecule has 1 aromatic rings. The van der Waals surface area contributed by atoms with E-state index in [9.17, 15) is 9.59 Å². The molecular weight excluding hydrogens is 419 g/mol. The molecule has 0 aromatic heterocycles. The predicted octanol–water partition coefficient (Wildman–Crippen LogP) is 2.15. The first-order valence-electron chi connectivity index (χ1n) is 10.6. The summed E-state index contributed by atoms with van der Waals surface area (Å²) < 4.78 is 1.44. The quantitative estimate of drug-likeness (QED) is 0.515. The Hall–Kier alpha value is -1.20. The maximum atomic E-state index is 12.7. The zero-order valence-electron chi connectivity index (χ0n) is 16.3. The van der Waals surface area contributed by atoms with Crippen molar-refractivity contribution in [1.82, 2.24) is 9.96 Å². The molecule has 0 bridgehead atoms. The van der Waals surface area contributed by atoms with Gasteiger partial charge < -0.3 is 0 Å². The summed E-state index contributed by atoms with van der Waals surface area (Å²) >= 11 is 0.370. The Kier molecular flexibility index (Phi) is 5.08. The third kappa shape index (κ3) is 3.06. The van der Waals surface area contributed by atoms with E-state index in [-0.39, 0.29) is 23.8 Å². The van der Waals surface area contributed by atoms with E-state index in [2.05, 4.69) is 35.4 Å². The van der Waals surface area contributed by atoms with Crippen LogP contribution in [0.4, 0.5) is 0 Å². The van der Waals surface area contributed by atoms with Crippen LogP contribution in [0.1, 0.15) is 44.9 Å². The normalized spacial score (nSPS) is 38.5. The number of benzene rings is 1. The van der Waals surface area contributed by atoms with Gasteiger partial charge in [-0.05, 0) is 0 Å². The van der Waals surface area contributed by atoms with Crippen LogP contribution < -0.4 is 4.46 Å². The van der Waals surface area contributed by atoms with Crippen molar-refractivity contribution in [3.8, 4) is 0 Å². The van der Waals surface area contributed by atoms with Crippen molar-refractivity contribution in [2.24, 2.45) is 11.8 Å². The molecule has 0 radical (unpaired) electrons. The van der Waals surface area contributed by atoms with Crippen molar-refractivity contribution in [3.05, 3.63) is 30.3 Å². The molecular formula is C22H28N2O3Se. The van der Waals surface area contributed by atoms with Crippen LogP contribution in [0.25, 0.3) is 0 Å². The minimum absolute atomic E-state index is 0.0445. The van der Waals surface area contributed by atoms with E-state index in [0.29, 0.717) is 31.7 Å². The second-order valence-corrected chi connectivity index (χ2v) is 11.4. The molecule has 4 aliphatic rings. The van der Waals surface area contributed by atoms with Crippen LogP contribution in [-0.2, 0) is 14.4 Å². The first-order chi connectivity index (χ1) is 13.6. The molecule has 28 heavy (non-hydrogen) atoms. The van der Waals surface area contributed by atoms with E-state index >= 15 is 0 Å². The number of piperidine rings is 1. The second kappa shape index (κ2) is 7.56. The van der Waals surface area contributed by atoms with Gasteiger partial charge in [0.15, 0.2) is 0 Å². The zero-order valence-corrected chi connectivity index (χ0v) is 18.0. The Balaban J connectivity index is 1.45. The van der Waals surface area contributed by atoms with Gasteiger partial charge in [0.1, 0.15) is 0 Å². The third-order valence-corrected chi connectivity index (χ3v) is 9.93. The van der Waals surface area contributed by atoms with Crippen molar-refractivity contribution < 1.29 is 14.4 Å². The van der Waals surface area contributed by atoms with Crippen molar-refractivity contribution in [3.63, 3.8) is 0 Å². The fraction of sp³-hybridized carbons (Fsp3) is 0.636. The van der Waals surface area contributed by atoms with Crippen LogP contribution in [0, 0.1) is 11.8 Å². The Morgan fingerprint density at radius 1 is 0.964 bits per heavy atom. The summed E-state index contributed by atoms with van der Waals surface area (Å²) in [6, 6.07) is 11.2. The average molecular weight is 447 g/mol. The van der Waals surface area contributed by atoms with Gasteiger partial charge in [0.05, 0.1) is 0 Å². The third-order valence-electron chi connectivity index (χ3n) is 7.08. The molecule has 4 fully saturated rings. The molecule has 0 unspecified atom stereocenters. The van der Waals surface area contributed by atoms with Gasteiger partial charge in [0, 0.05) is 0 Å². The molecule has 1 saturated carbocycles. The Morgan fingerprint density at radius 3 is 2.57 bits per heavy atom. The topological polar surface area (TPSA) is 49.9 Å². The summed E-state index contributed by atoms with van der Waals surface area (Å²) in [7, 11) is 1.60. The maximum absolute atomic E-state index is 12.7. The van der Waals surface area contributed by atoms with Gasteiger partial charge in [-0.2, -0.15) is 0 Å². The summed E-state index contributed by atoms with van der Waals surface area (Å²) in [5.41, 5.74) is 0. The van der Waals surface area contributed by atoms with Gasteiger partial charge >= 0.3 is 173 Å². The summed E-state index contributed by atoms with van der Waals surface area (Å²) in [6.07, 6.45) is 7.89. The minimum atomic E-state index is -0.587. The molecule has 5 nitrogen and oxygen atoms in total. The molecule has 5 rings (SSSR count). The van der Waals surface area contributed by atoms with E-state index in [1.807, 2.05) is 0 Å². The number of hydroxylamine groups is 2. The summed E-state index contributed by atoms with van der Waals surface area (Å²) in [4.78, 5) is 33.4. The number of amides is 2. The molecule has 1 aliphatic carbocycles. The number of imide groups is 1. The van der Waals surface area contributed by atoms with Crippen molar-refractivity contribution in [2.75, 3.05) is 7.05 Å². The summed E-state index contributed by atoms with van der Waals surface area (Å²) in [6.45, 7) is 0. The number of rotatable bonds is 2. The molecule has 0 N–H and O–H groups in total. The average Bonchev–Trinajstić information content (AvgIpc) is 3.17. The van der Waals surface area contributed by atoms with Gasteiger partial charge in [0.25, 0.3) is 0 Å². The van der Waals surface area contributed by atoms with Crippen LogP contribution in [0.3, 0.4) is 0 Å². The fourth-order valence-electron chi connectivity index (χ4n) is 5.70. The van der Waals surface area contributed by atoms with Gasteiger partial charge in [-0.15, -0.1) is 0 Å². The monoisotopic (exact) mass is 448 g/mol. The predicted molar refractivity (Wildman–Crippen MR) is 107 cm³/mol. The molecule has 3 aliphatic heterocycles. The fourth-order valence-corrected chi connectivity index (χ4v) is 8.70. The van der Waals surface area contributed by atoms with Crippen LogP contribution in [-0.4, -0.2) is 62.0 Å². The standard InChI is InChI=1S/C22H28N2O3Se/c1-23-21(25)18-16-13-12-14-8-4-2-7-11-17(28-15-9-5-3-6-10-15)19(14)24(16)27-20(18)22(23)26/h3,5-6,9-10,14,16-20H,2,4,7-8,11-13H2,1H3/t14-,16+,17+,18+,19+,20-/m1/s1. The Morgan fingerprint density at radius 2 is 1.75 bits per heavy atom. The number of carbonyl (C=O) groups excluding carboxylic acids is 2. The molecule has 1 aromatic carbocycles. The number of likely N-dealkylation sites (N-methyl/N-ethyl adjacent to an activating group) is 1. The number of likely N-dealkylation sites (tertiary alicyclic amines) is 1. The molecule has 3 saturated heterocycles. The first-order valence-corrected chi connectivity index (χ1v) is 12.5. The number of nitrogens with zero attached hydrogens (tertiary/aromatic N) is 2. The Labute approximate surface area is 172 Å². The molecule has 2 amide bonds. The van der Waals surface area contributed by atoms with Crippen molar-refractivity contribution >= 4 is 31.2 Å². The van der Waals surface area contributed by atoms with Crippen LogP contribution >= 0.6 is 0 Å². The molecule has 6 atom stereocenters. The van der Waals surface area contributed by atoms with Crippen molar-refractivity contribution in [2.45, 2.75) is 67.9 Å². The first kappa shape index (κ1) is 18.8. The second-order valence-electron chi connectivity index (χ2n) is 8.65. The van der Waals surface area contributed by atoms with Gasteiger partial charge in [0.2, 0.25) is 0 Å². The van der Waals surface area contributed by atoms with E-state index in [0.717, 1.165) is 12.8 Å². The van der Waals surface area contributed by atoms with Crippen molar-refractivity contribution in [1.29, 1.82) is 0 Å². The summed E-state index contributed by atoms with van der Waals surface area (Å²) in [5.74, 6) is 0.122. The van der Waals surface area contributed by atoms with E-state index < -0.39 is 6.10 Å². The van der Waals surface area contributed by atoms with Crippen LogP contribution in [0.2, 0.25) is 4.82 Å². The molecule has 6 heteroatoms. The number of fused-ring (bicyclic) bond motifs is 5. The molecule has 150 valence electrons. The van der Waals surface area contributed by atoms with Gasteiger partial charge in [-0.1, -0.05) is 0 Å². The number of hydrogen-bond acceptors (Lipinski definition) is 4. The Bertz CT molecular complexity index is 757. The summed E-state index contributed by atoms with van der Waals surface area (Å²) in [5, 5.41) is 2.16. The van der Waals surface area contributed by atoms with Gasteiger partial charge in [-0.25, -0.2) is 0 Å².